The Morgan fingerprint density at radius 1 is 1.55 bits per heavy atom. The molecule has 0 aromatic rings. The first kappa shape index (κ1) is 9.16. The fourth-order valence-corrected chi connectivity index (χ4v) is 1.10. The van der Waals surface area contributed by atoms with Crippen LogP contribution in [0.25, 0.3) is 0 Å². The van der Waals surface area contributed by atoms with Crippen LogP contribution >= 0.6 is 15.9 Å². The topological polar surface area (TPSA) is 35.5 Å². The third kappa shape index (κ3) is 1.80. The van der Waals surface area contributed by atoms with Crippen LogP contribution in [0.5, 0.6) is 0 Å². The summed E-state index contributed by atoms with van der Waals surface area (Å²) < 4.78 is 9.69. The van der Waals surface area contributed by atoms with Gasteiger partial charge in [0.1, 0.15) is 4.32 Å². The first-order valence-corrected chi connectivity index (χ1v) is 4.27. The molecule has 1 fully saturated rings. The smallest absolute Gasteiger partial charge is 0.179 e. The number of hydrogen-bond acceptors (Lipinski definition) is 3. The minimum atomic E-state index is -0.691. The van der Waals surface area contributed by atoms with Crippen LogP contribution in [-0.2, 0) is 14.3 Å². The van der Waals surface area contributed by atoms with Crippen molar-refractivity contribution in [2.24, 2.45) is 0 Å². The second kappa shape index (κ2) is 3.21. The number of carbonyl (C=O) groups excluding carboxylic acids is 1. The maximum Gasteiger partial charge on any atom is 0.179 e. The molecule has 1 saturated heterocycles. The zero-order valence-corrected chi connectivity index (χ0v) is 8.18. The van der Waals surface area contributed by atoms with Gasteiger partial charge in [-0.3, -0.25) is 4.79 Å². The molecule has 64 valence electrons. The van der Waals surface area contributed by atoms with E-state index >= 15 is 0 Å². The Labute approximate surface area is 74.2 Å². The number of alkyl halides is 1. The van der Waals surface area contributed by atoms with Crippen molar-refractivity contribution in [1.82, 2.24) is 0 Å². The number of halogens is 1. The molecule has 1 heterocycles. The van der Waals surface area contributed by atoms with Crippen molar-refractivity contribution in [3.63, 3.8) is 0 Å². The van der Waals surface area contributed by atoms with E-state index in [4.69, 9.17) is 9.47 Å². The molecule has 0 amide bonds. The van der Waals surface area contributed by atoms with Gasteiger partial charge in [-0.05, 0) is 13.8 Å². The van der Waals surface area contributed by atoms with Gasteiger partial charge >= 0.3 is 0 Å². The van der Waals surface area contributed by atoms with Crippen molar-refractivity contribution in [1.29, 1.82) is 0 Å². The molecule has 1 aliphatic heterocycles. The summed E-state index contributed by atoms with van der Waals surface area (Å²) >= 11 is 3.27. The van der Waals surface area contributed by atoms with Gasteiger partial charge in [0.2, 0.25) is 0 Å². The fraction of sp³-hybridized carbons (Fsp3) is 0.857. The second-order valence-corrected chi connectivity index (χ2v) is 4.35. The molecule has 0 aromatic carbocycles. The van der Waals surface area contributed by atoms with Gasteiger partial charge in [-0.15, -0.1) is 0 Å². The van der Waals surface area contributed by atoms with E-state index in [1.165, 1.54) is 6.92 Å². The average Bonchev–Trinajstić information content (AvgIpc) is 2.37. The summed E-state index contributed by atoms with van der Waals surface area (Å²) in [5.41, 5.74) is 0. The predicted octanol–water partition coefficient (Wildman–Crippen LogP) is 1.10. The van der Waals surface area contributed by atoms with Crippen molar-refractivity contribution in [3.8, 4) is 0 Å². The molecule has 0 bridgehead atoms. The molecule has 11 heavy (non-hydrogen) atoms. The Morgan fingerprint density at radius 2 is 2.00 bits per heavy atom. The first-order valence-electron chi connectivity index (χ1n) is 3.48. The van der Waals surface area contributed by atoms with Crippen molar-refractivity contribution in [3.05, 3.63) is 0 Å². The highest BCUT2D eigenvalue weighted by molar-refractivity contribution is 9.10. The molecule has 1 atom stereocenters. The van der Waals surface area contributed by atoms with E-state index < -0.39 is 10.6 Å². The Bertz CT molecular complexity index is 161. The summed E-state index contributed by atoms with van der Waals surface area (Å²) in [5, 5.41) is 0. The fourth-order valence-electron chi connectivity index (χ4n) is 0.837. The minimum absolute atomic E-state index is 0.0180. The van der Waals surface area contributed by atoms with Crippen molar-refractivity contribution < 1.29 is 14.3 Å². The predicted molar refractivity (Wildman–Crippen MR) is 43.7 cm³/mol. The number of ether oxygens (including phenoxy) is 2. The Morgan fingerprint density at radius 3 is 2.36 bits per heavy atom. The maximum atomic E-state index is 11.0. The van der Waals surface area contributed by atoms with Gasteiger partial charge in [-0.1, -0.05) is 15.9 Å². The molecule has 0 saturated carbocycles. The van der Waals surface area contributed by atoms with Crippen molar-refractivity contribution >= 4 is 21.7 Å². The molecular weight excluding hydrogens is 212 g/mol. The lowest BCUT2D eigenvalue weighted by molar-refractivity contribution is -0.130. The molecule has 0 N–H and O–H groups in total. The van der Waals surface area contributed by atoms with Gasteiger partial charge in [0.05, 0.1) is 13.2 Å². The molecule has 1 aliphatic rings. The molecule has 0 radical (unpaired) electrons. The largest absolute Gasteiger partial charge is 0.348 e. The van der Waals surface area contributed by atoms with Crippen LogP contribution in [0, 0.1) is 0 Å². The highest BCUT2D eigenvalue weighted by Crippen LogP contribution is 2.28. The summed E-state index contributed by atoms with van der Waals surface area (Å²) in [6.07, 6.45) is -0.431. The Kier molecular flexibility index (Phi) is 2.67. The normalized spacial score (nSPS) is 25.0. The summed E-state index contributed by atoms with van der Waals surface area (Å²) in [7, 11) is 0. The van der Waals surface area contributed by atoms with E-state index in [1.807, 2.05) is 0 Å². The Balaban J connectivity index is 2.62. The third-order valence-corrected chi connectivity index (χ3v) is 2.69. The minimum Gasteiger partial charge on any atom is -0.348 e. The Hall–Kier alpha value is 0.0700. The van der Waals surface area contributed by atoms with Crippen molar-refractivity contribution in [2.45, 2.75) is 24.5 Å². The first-order chi connectivity index (χ1) is 5.05. The molecule has 3 nitrogen and oxygen atoms in total. The molecule has 0 spiro atoms. The van der Waals surface area contributed by atoms with Crippen LogP contribution in [0.2, 0.25) is 0 Å². The lowest BCUT2D eigenvalue weighted by Gasteiger charge is -2.24. The van der Waals surface area contributed by atoms with E-state index in [1.54, 1.807) is 6.92 Å². The number of ketones is 1. The van der Waals surface area contributed by atoms with Gasteiger partial charge in [-0.2, -0.15) is 0 Å². The van der Waals surface area contributed by atoms with Crippen LogP contribution < -0.4 is 0 Å². The molecule has 4 heteroatoms. The zero-order chi connectivity index (χ0) is 8.48. The average molecular weight is 223 g/mol. The molecule has 1 rings (SSSR count). The molecule has 0 aromatic heterocycles. The monoisotopic (exact) mass is 222 g/mol. The van der Waals surface area contributed by atoms with E-state index in [0.717, 1.165) is 0 Å². The summed E-state index contributed by atoms with van der Waals surface area (Å²) in [6, 6.07) is 0. The molecule has 0 aliphatic carbocycles. The summed E-state index contributed by atoms with van der Waals surface area (Å²) in [5.74, 6) is 0.0180. The van der Waals surface area contributed by atoms with Crippen LogP contribution in [-0.4, -0.2) is 29.6 Å². The van der Waals surface area contributed by atoms with Crippen LogP contribution in [0.3, 0.4) is 0 Å². The maximum absolute atomic E-state index is 11.0. The van der Waals surface area contributed by atoms with Crippen LogP contribution in [0.4, 0.5) is 0 Å². The number of rotatable bonds is 2. The standard InChI is InChI=1S/C7H11BrO3/c1-5(9)7(2,8)6-10-3-4-11-6/h6H,3-4H2,1-2H3/t7-/m0/s1. The number of carbonyl (C=O) groups is 1. The SMILES string of the molecule is CC(=O)[C@](C)(Br)C1OCCO1. The highest BCUT2D eigenvalue weighted by Gasteiger charge is 2.40. The van der Waals surface area contributed by atoms with Gasteiger partial charge in [0.15, 0.2) is 12.1 Å². The lowest BCUT2D eigenvalue weighted by atomic mass is 10.1. The number of Topliss-reactive ketones (excluding diaryl/α,β-unsaturated/α-hetero) is 1. The quantitative estimate of drug-likeness (QED) is 0.657. The molecule has 0 unspecified atom stereocenters. The van der Waals surface area contributed by atoms with Gasteiger partial charge in [0.25, 0.3) is 0 Å². The van der Waals surface area contributed by atoms with Crippen molar-refractivity contribution in [2.75, 3.05) is 13.2 Å². The van der Waals surface area contributed by atoms with Gasteiger partial charge < -0.3 is 9.47 Å². The van der Waals surface area contributed by atoms with E-state index in [-0.39, 0.29) is 5.78 Å². The van der Waals surface area contributed by atoms with Crippen LogP contribution in [0.1, 0.15) is 13.8 Å². The second-order valence-electron chi connectivity index (χ2n) is 2.71. The van der Waals surface area contributed by atoms with Gasteiger partial charge in [0, 0.05) is 0 Å². The lowest BCUT2D eigenvalue weighted by Crippen LogP contribution is -2.40. The van der Waals surface area contributed by atoms with Gasteiger partial charge in [-0.25, -0.2) is 0 Å². The van der Waals surface area contributed by atoms with E-state index in [9.17, 15) is 4.79 Å². The summed E-state index contributed by atoms with van der Waals surface area (Å²) in [6.45, 7) is 4.41. The van der Waals surface area contributed by atoms with E-state index in [0.29, 0.717) is 13.2 Å². The highest BCUT2D eigenvalue weighted by atomic mass is 79.9. The number of hydrogen-bond donors (Lipinski definition) is 0. The van der Waals surface area contributed by atoms with Crippen LogP contribution in [0.15, 0.2) is 0 Å². The zero-order valence-electron chi connectivity index (χ0n) is 6.59. The van der Waals surface area contributed by atoms with E-state index in [2.05, 4.69) is 15.9 Å². The molecular formula is C7H11BrO3. The third-order valence-electron chi connectivity index (χ3n) is 1.75. The summed E-state index contributed by atoms with van der Waals surface area (Å²) in [4.78, 5) is 11.0.